The highest BCUT2D eigenvalue weighted by atomic mass is 32.2. The highest BCUT2D eigenvalue weighted by Crippen LogP contribution is 2.39. The first-order valence-electron chi connectivity index (χ1n) is 6.86. The number of nitrogen functional groups attached to an aromatic ring is 1. The molecule has 1 aliphatic carbocycles. The molecule has 2 atom stereocenters. The van der Waals surface area contributed by atoms with E-state index in [4.69, 9.17) is 5.84 Å². The molecule has 2 unspecified atom stereocenters. The minimum atomic E-state index is 0.112. The summed E-state index contributed by atoms with van der Waals surface area (Å²) in [7, 11) is 0. The molecule has 0 spiro atoms. The minimum Gasteiger partial charge on any atom is -0.395 e. The largest absolute Gasteiger partial charge is 0.395 e. The van der Waals surface area contributed by atoms with E-state index in [0.29, 0.717) is 11.7 Å². The van der Waals surface area contributed by atoms with Gasteiger partial charge in [-0.05, 0) is 32.9 Å². The highest BCUT2D eigenvalue weighted by Gasteiger charge is 2.28. The second-order valence-electron chi connectivity index (χ2n) is 5.21. The predicted molar refractivity (Wildman–Crippen MR) is 84.0 cm³/mol. The van der Waals surface area contributed by atoms with Crippen molar-refractivity contribution in [3.8, 4) is 0 Å². The summed E-state index contributed by atoms with van der Waals surface area (Å²) >= 11 is 1.64. The first-order valence-corrected chi connectivity index (χ1v) is 8.14. The molecule has 0 aromatic carbocycles. The topological polar surface area (TPSA) is 96.1 Å². The Morgan fingerprint density at radius 1 is 1.40 bits per heavy atom. The average molecular weight is 297 g/mol. The number of nitrogens with one attached hydrogen (secondary N) is 2. The van der Waals surface area contributed by atoms with Crippen molar-refractivity contribution in [2.75, 3.05) is 23.6 Å². The van der Waals surface area contributed by atoms with E-state index in [1.165, 1.54) is 0 Å². The van der Waals surface area contributed by atoms with Crippen molar-refractivity contribution in [1.82, 2.24) is 9.97 Å². The molecule has 112 valence electrons. The van der Waals surface area contributed by atoms with Crippen molar-refractivity contribution in [2.45, 2.75) is 43.9 Å². The number of rotatable bonds is 7. The molecular weight excluding hydrogens is 274 g/mol. The number of hydrogen-bond donors (Lipinski definition) is 4. The van der Waals surface area contributed by atoms with Crippen molar-refractivity contribution in [2.24, 2.45) is 5.84 Å². The Labute approximate surface area is 123 Å². The van der Waals surface area contributed by atoms with Gasteiger partial charge in [0, 0.05) is 22.8 Å². The van der Waals surface area contributed by atoms with Gasteiger partial charge in [-0.25, -0.2) is 15.8 Å². The first kappa shape index (κ1) is 15.3. The summed E-state index contributed by atoms with van der Waals surface area (Å²) < 4.78 is 0. The lowest BCUT2D eigenvalue weighted by Gasteiger charge is -2.23. The quantitative estimate of drug-likeness (QED) is 0.447. The third kappa shape index (κ3) is 3.34. The smallest absolute Gasteiger partial charge is 0.148 e. The number of anilines is 2. The van der Waals surface area contributed by atoms with Gasteiger partial charge in [0.15, 0.2) is 0 Å². The molecule has 1 saturated carbocycles. The monoisotopic (exact) mass is 297 g/mol. The molecule has 1 aliphatic rings. The van der Waals surface area contributed by atoms with Gasteiger partial charge < -0.3 is 15.8 Å². The lowest BCUT2D eigenvalue weighted by atomic mass is 10.2. The number of aliphatic hydroxyl groups excluding tert-OH is 1. The molecule has 1 heterocycles. The van der Waals surface area contributed by atoms with E-state index < -0.39 is 0 Å². The van der Waals surface area contributed by atoms with Gasteiger partial charge in [0.1, 0.15) is 17.5 Å². The Morgan fingerprint density at radius 3 is 2.55 bits per heavy atom. The maximum Gasteiger partial charge on any atom is 0.148 e. The maximum atomic E-state index is 9.37. The fraction of sp³-hybridized carbons (Fsp3) is 0.692. The van der Waals surface area contributed by atoms with Crippen LogP contribution in [0.2, 0.25) is 0 Å². The van der Waals surface area contributed by atoms with Crippen LogP contribution in [-0.4, -0.2) is 39.2 Å². The van der Waals surface area contributed by atoms with Gasteiger partial charge in [-0.1, -0.05) is 0 Å². The van der Waals surface area contributed by atoms with Crippen LogP contribution in [0.5, 0.6) is 0 Å². The van der Waals surface area contributed by atoms with Crippen LogP contribution in [0.15, 0.2) is 0 Å². The molecule has 0 radical (unpaired) electrons. The molecule has 1 fully saturated rings. The number of hydrogen-bond acceptors (Lipinski definition) is 7. The van der Waals surface area contributed by atoms with Crippen LogP contribution in [0.3, 0.4) is 0 Å². The standard InChI is InChI=1S/C13H23N5OS/c1-7-11(15-8(2)10(6-19)20-3)16-13(9-4-5-9)17-12(7)18-14/h8-10,19H,4-6,14H2,1-3H3,(H2,15,16,17,18). The number of aliphatic hydroxyl groups is 1. The molecule has 0 bridgehead atoms. The third-order valence-electron chi connectivity index (χ3n) is 3.65. The van der Waals surface area contributed by atoms with Gasteiger partial charge in [0.25, 0.3) is 0 Å². The van der Waals surface area contributed by atoms with Gasteiger partial charge in [-0.3, -0.25) is 0 Å². The normalized spacial score (nSPS) is 17.6. The van der Waals surface area contributed by atoms with E-state index in [9.17, 15) is 5.11 Å². The minimum absolute atomic E-state index is 0.112. The van der Waals surface area contributed by atoms with Crippen molar-refractivity contribution in [3.63, 3.8) is 0 Å². The van der Waals surface area contributed by atoms with Crippen LogP contribution in [0.4, 0.5) is 11.6 Å². The van der Waals surface area contributed by atoms with Gasteiger partial charge in [-0.15, -0.1) is 0 Å². The zero-order valence-electron chi connectivity index (χ0n) is 12.2. The lowest BCUT2D eigenvalue weighted by molar-refractivity contribution is 0.288. The summed E-state index contributed by atoms with van der Waals surface area (Å²) in [4.78, 5) is 9.09. The summed E-state index contributed by atoms with van der Waals surface area (Å²) in [5.74, 6) is 8.32. The molecule has 1 aromatic rings. The molecule has 20 heavy (non-hydrogen) atoms. The van der Waals surface area contributed by atoms with Crippen LogP contribution < -0.4 is 16.6 Å². The van der Waals surface area contributed by atoms with E-state index in [2.05, 4.69) is 20.7 Å². The number of nitrogens with zero attached hydrogens (tertiary/aromatic N) is 2. The number of hydrazine groups is 1. The summed E-state index contributed by atoms with van der Waals surface area (Å²) in [5, 5.41) is 12.9. The van der Waals surface area contributed by atoms with Crippen molar-refractivity contribution in [1.29, 1.82) is 0 Å². The Bertz CT molecular complexity index is 462. The number of aromatic nitrogens is 2. The fourth-order valence-corrected chi connectivity index (χ4v) is 2.71. The molecular formula is C13H23N5OS. The van der Waals surface area contributed by atoms with Gasteiger partial charge in [-0.2, -0.15) is 11.8 Å². The van der Waals surface area contributed by atoms with E-state index in [-0.39, 0.29) is 17.9 Å². The molecule has 7 heteroatoms. The molecule has 5 N–H and O–H groups in total. The Kier molecular flexibility index (Phi) is 5.06. The lowest BCUT2D eigenvalue weighted by Crippen LogP contribution is -2.32. The average Bonchev–Trinajstić information content (AvgIpc) is 3.27. The number of thioether (sulfide) groups is 1. The van der Waals surface area contributed by atoms with Crippen LogP contribution in [0.25, 0.3) is 0 Å². The van der Waals surface area contributed by atoms with Crippen LogP contribution in [-0.2, 0) is 0 Å². The van der Waals surface area contributed by atoms with E-state index >= 15 is 0 Å². The molecule has 0 saturated heterocycles. The second kappa shape index (κ2) is 6.60. The molecule has 2 rings (SSSR count). The number of nitrogens with two attached hydrogens (primary N) is 1. The second-order valence-corrected chi connectivity index (χ2v) is 6.29. The van der Waals surface area contributed by atoms with Crippen molar-refractivity contribution < 1.29 is 5.11 Å². The molecule has 0 amide bonds. The summed E-state index contributed by atoms with van der Waals surface area (Å²) in [6.07, 6.45) is 4.28. The summed E-state index contributed by atoms with van der Waals surface area (Å²) in [6, 6.07) is 0.112. The van der Waals surface area contributed by atoms with Gasteiger partial charge >= 0.3 is 0 Å². The predicted octanol–water partition coefficient (Wildman–Crippen LogP) is 1.47. The summed E-state index contributed by atoms with van der Waals surface area (Å²) in [6.45, 7) is 4.12. The zero-order chi connectivity index (χ0) is 14.7. The highest BCUT2D eigenvalue weighted by molar-refractivity contribution is 7.99. The molecule has 0 aliphatic heterocycles. The molecule has 6 nitrogen and oxygen atoms in total. The van der Waals surface area contributed by atoms with Crippen LogP contribution in [0, 0.1) is 6.92 Å². The maximum absolute atomic E-state index is 9.37. The third-order valence-corrected chi connectivity index (χ3v) is 4.81. The summed E-state index contributed by atoms with van der Waals surface area (Å²) in [5.41, 5.74) is 3.55. The Morgan fingerprint density at radius 2 is 2.05 bits per heavy atom. The van der Waals surface area contributed by atoms with Crippen LogP contribution in [0.1, 0.15) is 37.1 Å². The first-order chi connectivity index (χ1) is 9.60. The van der Waals surface area contributed by atoms with Gasteiger partial charge in [0.2, 0.25) is 0 Å². The van der Waals surface area contributed by atoms with E-state index in [1.807, 2.05) is 20.1 Å². The van der Waals surface area contributed by atoms with Gasteiger partial charge in [0.05, 0.1) is 6.61 Å². The van der Waals surface area contributed by atoms with Crippen molar-refractivity contribution >= 4 is 23.4 Å². The SMILES string of the molecule is CSC(CO)C(C)Nc1nc(C2CC2)nc(NN)c1C. The fourth-order valence-electron chi connectivity index (χ4n) is 2.08. The van der Waals surface area contributed by atoms with Crippen molar-refractivity contribution in [3.05, 3.63) is 11.4 Å². The van der Waals surface area contributed by atoms with Crippen LogP contribution >= 0.6 is 11.8 Å². The van der Waals surface area contributed by atoms with E-state index in [1.54, 1.807) is 11.8 Å². The Hall–Kier alpha value is -1.05. The van der Waals surface area contributed by atoms with E-state index in [0.717, 1.165) is 30.0 Å². The molecule has 1 aromatic heterocycles. The Balaban J connectivity index is 2.23. The zero-order valence-corrected chi connectivity index (χ0v) is 13.0.